The van der Waals surface area contributed by atoms with Crippen LogP contribution < -0.4 is 16.4 Å². The monoisotopic (exact) mass is 457 g/mol. The molecule has 1 fully saturated rings. The molecule has 1 saturated heterocycles. The Bertz CT molecular complexity index is 953. The summed E-state index contributed by atoms with van der Waals surface area (Å²) in [4.78, 5) is 23.0. The van der Waals surface area contributed by atoms with Crippen LogP contribution in [-0.4, -0.2) is 96.5 Å². The molecule has 5 atom stereocenters. The molecule has 0 aromatic carbocycles. The highest BCUT2D eigenvalue weighted by atomic mass is 32.1. The number of fused-ring (bicyclic) bond motifs is 1. The third-order valence-corrected chi connectivity index (χ3v) is 5.25. The van der Waals surface area contributed by atoms with Crippen molar-refractivity contribution >= 4 is 35.2 Å². The smallest absolute Gasteiger partial charge is 0.239 e. The van der Waals surface area contributed by atoms with E-state index in [2.05, 4.69) is 25.6 Å². The number of nitrogens with two attached hydrogens (primary N) is 1. The van der Waals surface area contributed by atoms with Gasteiger partial charge in [-0.15, -0.1) is 0 Å². The quantitative estimate of drug-likeness (QED) is 0.141. The first-order valence-electron chi connectivity index (χ1n) is 9.84. The molecule has 1 unspecified atom stereocenters. The number of aliphatic hydroxyl groups excluding tert-OH is 4. The second-order valence-electron chi connectivity index (χ2n) is 7.18. The second-order valence-corrected chi connectivity index (χ2v) is 7.57. The van der Waals surface area contributed by atoms with Crippen molar-refractivity contribution in [2.45, 2.75) is 43.4 Å². The van der Waals surface area contributed by atoms with Crippen LogP contribution in [0, 0.1) is 4.64 Å². The number of anilines is 1. The van der Waals surface area contributed by atoms with Crippen LogP contribution in [0.4, 0.5) is 5.95 Å². The number of imidazole rings is 1. The summed E-state index contributed by atoms with van der Waals surface area (Å²) >= 11 is 5.29. The zero-order valence-electron chi connectivity index (χ0n) is 16.6. The number of H-pyrrole nitrogens is 1. The molecule has 0 radical (unpaired) electrons. The SMILES string of the molecule is NC(CO)C(=O)NCCCCNc1nc(=S)c2ncn([C@@H]3O[C@H](CO)[C@@H](O)[C@H]3O)c2[nH]1. The molecule has 14 heteroatoms. The minimum atomic E-state index is -1.25. The van der Waals surface area contributed by atoms with E-state index in [1.54, 1.807) is 0 Å². The summed E-state index contributed by atoms with van der Waals surface area (Å²) in [5.74, 6) is -0.0119. The van der Waals surface area contributed by atoms with Gasteiger partial charge in [-0.25, -0.2) is 9.97 Å². The van der Waals surface area contributed by atoms with E-state index in [1.807, 2.05) is 0 Å². The van der Waals surface area contributed by atoms with Gasteiger partial charge in [-0.3, -0.25) is 9.36 Å². The van der Waals surface area contributed by atoms with Crippen LogP contribution in [0.5, 0.6) is 0 Å². The molecule has 0 aliphatic carbocycles. The van der Waals surface area contributed by atoms with Crippen molar-refractivity contribution in [2.75, 3.05) is 31.6 Å². The van der Waals surface area contributed by atoms with Crippen molar-refractivity contribution in [3.63, 3.8) is 0 Å². The number of hydrogen-bond acceptors (Lipinski definition) is 11. The summed E-state index contributed by atoms with van der Waals surface area (Å²) in [5.41, 5.74) is 6.27. The summed E-state index contributed by atoms with van der Waals surface area (Å²) in [7, 11) is 0. The van der Waals surface area contributed by atoms with Gasteiger partial charge in [0, 0.05) is 13.1 Å². The molecule has 1 amide bonds. The third kappa shape index (κ3) is 5.17. The van der Waals surface area contributed by atoms with E-state index in [9.17, 15) is 20.1 Å². The number of aromatic nitrogens is 4. The van der Waals surface area contributed by atoms with Crippen molar-refractivity contribution < 1.29 is 30.0 Å². The van der Waals surface area contributed by atoms with E-state index in [0.29, 0.717) is 43.0 Å². The van der Waals surface area contributed by atoms with Crippen LogP contribution >= 0.6 is 12.2 Å². The fraction of sp³-hybridized carbons (Fsp3) is 0.647. The highest BCUT2D eigenvalue weighted by Gasteiger charge is 2.43. The molecule has 0 bridgehead atoms. The van der Waals surface area contributed by atoms with Crippen molar-refractivity contribution in [1.29, 1.82) is 0 Å². The highest BCUT2D eigenvalue weighted by molar-refractivity contribution is 7.71. The molecule has 9 N–H and O–H groups in total. The number of ether oxygens (including phenoxy) is 1. The first-order valence-corrected chi connectivity index (χ1v) is 10.3. The van der Waals surface area contributed by atoms with Crippen LogP contribution in [0.15, 0.2) is 6.33 Å². The minimum Gasteiger partial charge on any atom is -0.394 e. The first-order chi connectivity index (χ1) is 14.9. The van der Waals surface area contributed by atoms with Gasteiger partial charge in [0.15, 0.2) is 10.9 Å². The molecule has 31 heavy (non-hydrogen) atoms. The molecule has 13 nitrogen and oxygen atoms in total. The number of rotatable bonds is 10. The van der Waals surface area contributed by atoms with Crippen LogP contribution in [0.25, 0.3) is 11.2 Å². The minimum absolute atomic E-state index is 0.243. The van der Waals surface area contributed by atoms with E-state index >= 15 is 0 Å². The average molecular weight is 458 g/mol. The van der Waals surface area contributed by atoms with Gasteiger partial charge in [0.25, 0.3) is 0 Å². The molecule has 0 saturated carbocycles. The molecule has 1 aliphatic rings. The number of nitrogens with zero attached hydrogens (tertiary/aromatic N) is 3. The molecule has 0 spiro atoms. The largest absolute Gasteiger partial charge is 0.394 e. The Hall–Kier alpha value is -2.20. The van der Waals surface area contributed by atoms with Gasteiger partial charge in [-0.2, -0.15) is 0 Å². The number of aliphatic hydroxyl groups is 4. The lowest BCUT2D eigenvalue weighted by Gasteiger charge is -2.17. The van der Waals surface area contributed by atoms with E-state index in [4.69, 9.17) is 27.8 Å². The maximum Gasteiger partial charge on any atom is 0.239 e. The molecule has 3 rings (SSSR count). The first kappa shape index (κ1) is 23.5. The molecule has 3 heterocycles. The van der Waals surface area contributed by atoms with Gasteiger partial charge >= 0.3 is 0 Å². The summed E-state index contributed by atoms with van der Waals surface area (Å²) in [6, 6.07) is -0.921. The van der Waals surface area contributed by atoms with Gasteiger partial charge < -0.3 is 46.5 Å². The van der Waals surface area contributed by atoms with E-state index in [-0.39, 0.29) is 4.64 Å². The fourth-order valence-electron chi connectivity index (χ4n) is 3.20. The molecule has 1 aliphatic heterocycles. The number of amides is 1. The number of carbonyl (C=O) groups is 1. The van der Waals surface area contributed by atoms with Crippen LogP contribution in [-0.2, 0) is 9.53 Å². The molecule has 172 valence electrons. The molecular weight excluding hydrogens is 430 g/mol. The van der Waals surface area contributed by atoms with Crippen LogP contribution in [0.2, 0.25) is 0 Å². The van der Waals surface area contributed by atoms with E-state index < -0.39 is 49.7 Å². The van der Waals surface area contributed by atoms with Gasteiger partial charge in [-0.1, -0.05) is 12.2 Å². The molecular formula is C17H27N7O6S. The topological polar surface area (TPSA) is 204 Å². The zero-order chi connectivity index (χ0) is 22.5. The maximum absolute atomic E-state index is 11.5. The number of carbonyl (C=O) groups excluding carboxylic acids is 1. The Morgan fingerprint density at radius 3 is 2.74 bits per heavy atom. The summed E-state index contributed by atoms with van der Waals surface area (Å²) < 4.78 is 7.30. The van der Waals surface area contributed by atoms with Gasteiger partial charge in [0.2, 0.25) is 11.9 Å². The number of aromatic amines is 1. The van der Waals surface area contributed by atoms with Gasteiger partial charge in [0.1, 0.15) is 35.5 Å². The van der Waals surface area contributed by atoms with Crippen molar-refractivity contribution in [1.82, 2.24) is 24.8 Å². The van der Waals surface area contributed by atoms with E-state index in [0.717, 1.165) is 0 Å². The predicted molar refractivity (Wildman–Crippen MR) is 112 cm³/mol. The number of hydrogen-bond donors (Lipinski definition) is 8. The summed E-state index contributed by atoms with van der Waals surface area (Å²) in [5, 5.41) is 44.2. The maximum atomic E-state index is 11.5. The summed E-state index contributed by atoms with van der Waals surface area (Å²) in [6.07, 6.45) is -1.54. The lowest BCUT2D eigenvalue weighted by atomic mass is 10.1. The Labute approximate surface area is 182 Å². The highest BCUT2D eigenvalue weighted by Crippen LogP contribution is 2.31. The van der Waals surface area contributed by atoms with E-state index in [1.165, 1.54) is 10.9 Å². The normalized spacial score (nSPS) is 24.4. The second kappa shape index (κ2) is 10.4. The predicted octanol–water partition coefficient (Wildman–Crippen LogP) is -2.27. The Balaban J connectivity index is 1.61. The van der Waals surface area contributed by atoms with Crippen molar-refractivity contribution in [3.8, 4) is 0 Å². The lowest BCUT2D eigenvalue weighted by Crippen LogP contribution is -2.43. The van der Waals surface area contributed by atoms with Gasteiger partial charge in [-0.05, 0) is 12.8 Å². The fourth-order valence-corrected chi connectivity index (χ4v) is 3.45. The third-order valence-electron chi connectivity index (χ3n) is 4.97. The average Bonchev–Trinajstić information content (AvgIpc) is 3.31. The Kier molecular flexibility index (Phi) is 7.88. The molecule has 2 aromatic heterocycles. The Morgan fingerprint density at radius 1 is 1.32 bits per heavy atom. The summed E-state index contributed by atoms with van der Waals surface area (Å²) in [6.45, 7) is 0.125. The van der Waals surface area contributed by atoms with Crippen molar-refractivity contribution in [2.24, 2.45) is 5.73 Å². The zero-order valence-corrected chi connectivity index (χ0v) is 17.5. The van der Waals surface area contributed by atoms with Crippen LogP contribution in [0.3, 0.4) is 0 Å². The van der Waals surface area contributed by atoms with Crippen LogP contribution in [0.1, 0.15) is 19.1 Å². The Morgan fingerprint density at radius 2 is 2.06 bits per heavy atom. The van der Waals surface area contributed by atoms with Crippen molar-refractivity contribution in [3.05, 3.63) is 11.0 Å². The standard InChI is InChI=1S/C17H27N7O6S/c18-8(5-25)14(29)19-3-1-2-4-20-17-22-13-10(15(31)23-17)21-7-24(13)16-12(28)11(27)9(6-26)30-16/h7-9,11-12,16,25-28H,1-6,18H2,(H,19,29)(H2,20,22,23,31)/t8?,9-,11-,12-,16-/m1/s1. The van der Waals surface area contributed by atoms with Gasteiger partial charge in [0.05, 0.1) is 19.5 Å². The number of unbranched alkanes of at least 4 members (excludes halogenated alkanes) is 1. The molecule has 2 aromatic rings. The lowest BCUT2D eigenvalue weighted by molar-refractivity contribution is -0.123. The number of nitrogens with one attached hydrogen (secondary N) is 3.